The van der Waals surface area contributed by atoms with Crippen LogP contribution in [0, 0.1) is 0 Å². The van der Waals surface area contributed by atoms with Crippen molar-refractivity contribution in [1.82, 2.24) is 0 Å². The van der Waals surface area contributed by atoms with E-state index in [1.54, 1.807) is 0 Å². The normalized spacial score (nSPS) is 25.1. The molecule has 0 bridgehead atoms. The second-order valence-corrected chi connectivity index (χ2v) is 7.44. The summed E-state index contributed by atoms with van der Waals surface area (Å²) in [4.78, 5) is 17.2. The molecule has 22 heavy (non-hydrogen) atoms. The molecule has 1 aromatic rings. The van der Waals surface area contributed by atoms with Gasteiger partial charge in [-0.25, -0.2) is 13.3 Å². The molecule has 0 saturated carbocycles. The van der Waals surface area contributed by atoms with Crippen molar-refractivity contribution >= 4 is 21.3 Å². The number of anilines is 1. The lowest BCUT2D eigenvalue weighted by atomic mass is 9.86. The zero-order chi connectivity index (χ0) is 16.1. The number of Topliss-reactive ketones (excluding diaryl/α,β-unsaturated/α-hetero) is 1. The van der Waals surface area contributed by atoms with Crippen LogP contribution >= 0.6 is 0 Å². The van der Waals surface area contributed by atoms with Gasteiger partial charge in [0.15, 0.2) is 15.6 Å². The van der Waals surface area contributed by atoms with Crippen LogP contribution in [0.1, 0.15) is 24.8 Å². The SMILES string of the molecule is CS(=O)(=O)c1ccc2c(c1)NO[C@]2(O)C1=C(O)CCCC1=O. The van der Waals surface area contributed by atoms with E-state index in [2.05, 4.69) is 5.48 Å². The van der Waals surface area contributed by atoms with E-state index >= 15 is 0 Å². The number of aliphatic hydroxyl groups excluding tert-OH is 1. The molecule has 8 heteroatoms. The predicted molar refractivity (Wildman–Crippen MR) is 76.7 cm³/mol. The van der Waals surface area contributed by atoms with E-state index in [-0.39, 0.29) is 40.3 Å². The lowest BCUT2D eigenvalue weighted by molar-refractivity contribution is -0.160. The number of hydrogen-bond acceptors (Lipinski definition) is 7. The van der Waals surface area contributed by atoms with Crippen LogP contribution in [0.2, 0.25) is 0 Å². The number of hydrogen-bond donors (Lipinski definition) is 3. The maximum atomic E-state index is 12.1. The molecule has 2 aliphatic rings. The monoisotopic (exact) mass is 325 g/mol. The lowest BCUT2D eigenvalue weighted by Gasteiger charge is -2.27. The summed E-state index contributed by atoms with van der Waals surface area (Å²) in [6, 6.07) is 4.00. The first-order valence-electron chi connectivity index (χ1n) is 6.70. The zero-order valence-corrected chi connectivity index (χ0v) is 12.6. The molecule has 7 nitrogen and oxygen atoms in total. The molecule has 1 aliphatic heterocycles. The first-order valence-corrected chi connectivity index (χ1v) is 8.59. The van der Waals surface area contributed by atoms with Crippen LogP contribution in [0.25, 0.3) is 0 Å². The van der Waals surface area contributed by atoms with E-state index in [0.29, 0.717) is 6.42 Å². The fraction of sp³-hybridized carbons (Fsp3) is 0.357. The van der Waals surface area contributed by atoms with Gasteiger partial charge in [-0.3, -0.25) is 10.3 Å². The average molecular weight is 325 g/mol. The number of aliphatic hydroxyl groups is 2. The van der Waals surface area contributed by atoms with E-state index in [9.17, 15) is 23.4 Å². The summed E-state index contributed by atoms with van der Waals surface area (Å²) in [5, 5.41) is 20.7. The molecular formula is C14H15NO6S. The maximum Gasteiger partial charge on any atom is 0.252 e. The number of carbonyl (C=O) groups excluding carboxylic acids is 1. The molecule has 3 rings (SSSR count). The van der Waals surface area contributed by atoms with Crippen LogP contribution in [-0.4, -0.2) is 30.7 Å². The van der Waals surface area contributed by atoms with Crippen molar-refractivity contribution in [3.05, 3.63) is 35.1 Å². The van der Waals surface area contributed by atoms with Crippen LogP contribution in [0.3, 0.4) is 0 Å². The highest BCUT2D eigenvalue weighted by molar-refractivity contribution is 7.90. The van der Waals surface area contributed by atoms with Crippen molar-refractivity contribution in [3.63, 3.8) is 0 Å². The first kappa shape index (κ1) is 15.0. The van der Waals surface area contributed by atoms with E-state index in [4.69, 9.17) is 4.84 Å². The summed E-state index contributed by atoms with van der Waals surface area (Å²) in [6.45, 7) is 0. The van der Waals surface area contributed by atoms with Gasteiger partial charge in [-0.1, -0.05) is 0 Å². The number of allylic oxidation sites excluding steroid dienone is 1. The minimum Gasteiger partial charge on any atom is -0.512 e. The van der Waals surface area contributed by atoms with Crippen molar-refractivity contribution < 1.29 is 28.3 Å². The van der Waals surface area contributed by atoms with Gasteiger partial charge in [0.05, 0.1) is 16.2 Å². The van der Waals surface area contributed by atoms with Crippen LogP contribution in [0.5, 0.6) is 0 Å². The van der Waals surface area contributed by atoms with E-state index in [1.807, 2.05) is 0 Å². The Morgan fingerprint density at radius 3 is 2.68 bits per heavy atom. The summed E-state index contributed by atoms with van der Waals surface area (Å²) < 4.78 is 23.1. The number of nitrogens with one attached hydrogen (secondary N) is 1. The Balaban J connectivity index is 2.13. The zero-order valence-electron chi connectivity index (χ0n) is 11.8. The highest BCUT2D eigenvalue weighted by Crippen LogP contribution is 2.45. The fourth-order valence-corrected chi connectivity index (χ4v) is 3.36. The van der Waals surface area contributed by atoms with Gasteiger partial charge >= 0.3 is 0 Å². The van der Waals surface area contributed by atoms with Gasteiger partial charge in [-0.05, 0) is 24.6 Å². The second-order valence-electron chi connectivity index (χ2n) is 5.43. The Bertz CT molecular complexity index is 798. The van der Waals surface area contributed by atoms with Crippen molar-refractivity contribution in [2.75, 3.05) is 11.7 Å². The minimum atomic E-state index is -3.41. The highest BCUT2D eigenvalue weighted by atomic mass is 32.2. The second kappa shape index (κ2) is 4.80. The fourth-order valence-electron chi connectivity index (χ4n) is 2.72. The molecule has 0 radical (unpaired) electrons. The minimum absolute atomic E-state index is 0.0553. The molecule has 1 heterocycles. The number of benzene rings is 1. The third-order valence-electron chi connectivity index (χ3n) is 3.82. The molecule has 0 fully saturated rings. The summed E-state index contributed by atoms with van der Waals surface area (Å²) >= 11 is 0. The van der Waals surface area contributed by atoms with Gasteiger partial charge in [-0.2, -0.15) is 0 Å². The molecule has 1 aliphatic carbocycles. The molecule has 3 N–H and O–H groups in total. The van der Waals surface area contributed by atoms with Crippen LogP contribution in [-0.2, 0) is 25.3 Å². The summed E-state index contributed by atoms with van der Waals surface area (Å²) in [6.07, 6.45) is 2.07. The Morgan fingerprint density at radius 2 is 2.05 bits per heavy atom. The maximum absolute atomic E-state index is 12.1. The number of fused-ring (bicyclic) bond motifs is 1. The quantitative estimate of drug-likeness (QED) is 0.747. The molecule has 1 atom stereocenters. The molecular weight excluding hydrogens is 310 g/mol. The molecule has 0 saturated heterocycles. The average Bonchev–Trinajstić information content (AvgIpc) is 2.76. The first-order chi connectivity index (χ1) is 10.2. The predicted octanol–water partition coefficient (Wildman–Crippen LogP) is 1.16. The van der Waals surface area contributed by atoms with Crippen LogP contribution in [0.4, 0.5) is 5.69 Å². The van der Waals surface area contributed by atoms with Crippen molar-refractivity contribution in [1.29, 1.82) is 0 Å². The number of ketones is 1. The van der Waals surface area contributed by atoms with E-state index in [0.717, 1.165) is 6.26 Å². The Labute approximate surface area is 127 Å². The third kappa shape index (κ3) is 2.20. The van der Waals surface area contributed by atoms with E-state index < -0.39 is 21.4 Å². The van der Waals surface area contributed by atoms with Crippen LogP contribution < -0.4 is 5.48 Å². The topological polar surface area (TPSA) is 113 Å². The van der Waals surface area contributed by atoms with Gasteiger partial charge in [0.1, 0.15) is 5.76 Å². The smallest absolute Gasteiger partial charge is 0.252 e. The van der Waals surface area contributed by atoms with Crippen molar-refractivity contribution in [2.24, 2.45) is 0 Å². The molecule has 0 spiro atoms. The molecule has 1 aromatic carbocycles. The molecule has 118 valence electrons. The Morgan fingerprint density at radius 1 is 1.32 bits per heavy atom. The molecule has 0 aromatic heterocycles. The Kier molecular flexibility index (Phi) is 3.28. The van der Waals surface area contributed by atoms with Crippen molar-refractivity contribution in [3.8, 4) is 0 Å². The van der Waals surface area contributed by atoms with Crippen LogP contribution in [0.15, 0.2) is 34.4 Å². The largest absolute Gasteiger partial charge is 0.512 e. The molecule has 0 unspecified atom stereocenters. The van der Waals surface area contributed by atoms with Crippen molar-refractivity contribution in [2.45, 2.75) is 29.9 Å². The standard InChI is InChI=1S/C14H15NO6S/c1-22(19,20)8-5-6-9-10(7-8)15-21-14(9,18)13-11(16)3-2-4-12(13)17/h5-7,15-16,18H,2-4H2,1H3/t14-/m0/s1. The summed E-state index contributed by atoms with van der Waals surface area (Å²) in [5.74, 6) is -2.72. The molecule has 0 amide bonds. The Hall–Kier alpha value is -1.90. The highest BCUT2D eigenvalue weighted by Gasteiger charge is 2.48. The summed E-state index contributed by atoms with van der Waals surface area (Å²) in [7, 11) is -3.41. The van der Waals surface area contributed by atoms with Gasteiger partial charge in [0.2, 0.25) is 0 Å². The van der Waals surface area contributed by atoms with Gasteiger partial charge < -0.3 is 10.2 Å². The number of rotatable bonds is 2. The van der Waals surface area contributed by atoms with Gasteiger partial charge in [-0.15, -0.1) is 0 Å². The lowest BCUT2D eigenvalue weighted by Crippen LogP contribution is -2.35. The van der Waals surface area contributed by atoms with Gasteiger partial charge in [0, 0.05) is 24.7 Å². The van der Waals surface area contributed by atoms with E-state index in [1.165, 1.54) is 18.2 Å². The summed E-state index contributed by atoms with van der Waals surface area (Å²) in [5.41, 5.74) is 2.66. The number of carbonyl (C=O) groups is 1. The third-order valence-corrected chi connectivity index (χ3v) is 4.93. The number of sulfone groups is 1. The van der Waals surface area contributed by atoms with Gasteiger partial charge in [0.25, 0.3) is 5.79 Å².